The van der Waals surface area contributed by atoms with E-state index in [0.717, 1.165) is 11.1 Å². The number of ether oxygens (including phenoxy) is 1. The van der Waals surface area contributed by atoms with Crippen molar-refractivity contribution in [2.75, 3.05) is 11.9 Å². The quantitative estimate of drug-likeness (QED) is 0.659. The zero-order valence-corrected chi connectivity index (χ0v) is 12.2. The predicted octanol–water partition coefficient (Wildman–Crippen LogP) is 2.79. The third-order valence-electron chi connectivity index (χ3n) is 2.78. The van der Waals surface area contributed by atoms with E-state index in [4.69, 9.17) is 4.74 Å². The minimum absolute atomic E-state index is 0.122. The Morgan fingerprint density at radius 1 is 1.26 bits per heavy atom. The average Bonchev–Trinajstić information content (AvgIpc) is 2.30. The number of benzene rings is 1. The van der Waals surface area contributed by atoms with E-state index in [1.165, 1.54) is 0 Å². The molecule has 0 spiro atoms. The zero-order valence-electron chi connectivity index (χ0n) is 12.2. The lowest BCUT2D eigenvalue weighted by molar-refractivity contribution is -0.152. The molecule has 0 aliphatic heterocycles. The number of hydrogen-bond acceptors (Lipinski definition) is 3. The largest absolute Gasteiger partial charge is 0.459 e. The molecule has 0 radical (unpaired) electrons. The van der Waals surface area contributed by atoms with Crippen LogP contribution in [0, 0.1) is 6.92 Å². The van der Waals surface area contributed by atoms with Crippen LogP contribution in [0.2, 0.25) is 0 Å². The molecule has 0 aromatic heterocycles. The molecule has 0 saturated heterocycles. The Morgan fingerprint density at radius 2 is 1.89 bits per heavy atom. The predicted molar refractivity (Wildman–Crippen MR) is 75.1 cm³/mol. The van der Waals surface area contributed by atoms with Crippen molar-refractivity contribution in [1.29, 1.82) is 0 Å². The van der Waals surface area contributed by atoms with E-state index in [9.17, 15) is 9.59 Å². The number of carbonyl (C=O) groups excluding carboxylic acids is 2. The molecule has 1 aromatic carbocycles. The molecule has 1 aromatic rings. The molecule has 0 unspecified atom stereocenters. The van der Waals surface area contributed by atoms with Crippen LogP contribution in [-0.2, 0) is 19.7 Å². The van der Waals surface area contributed by atoms with Gasteiger partial charge in [0.15, 0.2) is 0 Å². The van der Waals surface area contributed by atoms with Crippen LogP contribution in [0.15, 0.2) is 18.2 Å². The molecule has 0 fully saturated rings. The van der Waals surface area contributed by atoms with Crippen molar-refractivity contribution >= 4 is 17.6 Å². The minimum atomic E-state index is -0.856. The van der Waals surface area contributed by atoms with E-state index >= 15 is 0 Å². The van der Waals surface area contributed by atoms with Crippen LogP contribution in [0.3, 0.4) is 0 Å². The van der Waals surface area contributed by atoms with Gasteiger partial charge in [-0.15, -0.1) is 0 Å². The highest BCUT2D eigenvalue weighted by Crippen LogP contribution is 2.31. The molecule has 0 aliphatic rings. The van der Waals surface area contributed by atoms with Crippen molar-refractivity contribution in [3.8, 4) is 0 Å². The van der Waals surface area contributed by atoms with Crippen LogP contribution in [0.1, 0.15) is 38.8 Å². The van der Waals surface area contributed by atoms with Gasteiger partial charge in [0.25, 0.3) is 0 Å². The van der Waals surface area contributed by atoms with Gasteiger partial charge in [0.2, 0.25) is 0 Å². The van der Waals surface area contributed by atoms with Crippen LogP contribution >= 0.6 is 0 Å². The Balaban J connectivity index is 3.07. The lowest BCUT2D eigenvalue weighted by Gasteiger charge is -2.24. The maximum absolute atomic E-state index is 11.7. The highest BCUT2D eigenvalue weighted by molar-refractivity contribution is 6.37. The smallest absolute Gasteiger partial charge is 0.397 e. The molecule has 0 heterocycles. The minimum Gasteiger partial charge on any atom is -0.459 e. The van der Waals surface area contributed by atoms with E-state index in [-0.39, 0.29) is 12.0 Å². The van der Waals surface area contributed by atoms with Gasteiger partial charge in [-0.1, -0.05) is 39.0 Å². The first-order valence-corrected chi connectivity index (χ1v) is 6.35. The molecule has 1 N–H and O–H groups in total. The summed E-state index contributed by atoms with van der Waals surface area (Å²) >= 11 is 0. The summed E-state index contributed by atoms with van der Waals surface area (Å²) in [5, 5.41) is 2.66. The maximum atomic E-state index is 11.7. The number of para-hydroxylation sites is 1. The second-order valence-corrected chi connectivity index (χ2v) is 5.42. The lowest BCUT2D eigenvalue weighted by atomic mass is 9.84. The third kappa shape index (κ3) is 3.81. The molecule has 1 rings (SSSR count). The summed E-state index contributed by atoms with van der Waals surface area (Å²) < 4.78 is 4.69. The van der Waals surface area contributed by atoms with Gasteiger partial charge in [-0.2, -0.15) is 0 Å². The first-order valence-electron chi connectivity index (χ1n) is 6.35. The van der Waals surface area contributed by atoms with Crippen molar-refractivity contribution in [3.63, 3.8) is 0 Å². The SMILES string of the molecule is CCOC(=O)C(=O)Nc1c(C)cccc1C(C)(C)C. The number of amides is 1. The van der Waals surface area contributed by atoms with E-state index in [1.54, 1.807) is 6.92 Å². The van der Waals surface area contributed by atoms with Gasteiger partial charge in [-0.3, -0.25) is 4.79 Å². The lowest BCUT2D eigenvalue weighted by Crippen LogP contribution is -2.27. The summed E-state index contributed by atoms with van der Waals surface area (Å²) in [7, 11) is 0. The van der Waals surface area contributed by atoms with Crippen molar-refractivity contribution < 1.29 is 14.3 Å². The van der Waals surface area contributed by atoms with Crippen LogP contribution in [0.25, 0.3) is 0 Å². The molecule has 0 bridgehead atoms. The standard InChI is InChI=1S/C15H21NO3/c1-6-19-14(18)13(17)16-12-10(2)8-7-9-11(12)15(3,4)5/h7-9H,6H2,1-5H3,(H,16,17). The average molecular weight is 263 g/mol. The topological polar surface area (TPSA) is 55.4 Å². The summed E-state index contributed by atoms with van der Waals surface area (Å²) in [5.41, 5.74) is 2.48. The van der Waals surface area contributed by atoms with Gasteiger partial charge in [0.05, 0.1) is 6.61 Å². The maximum Gasteiger partial charge on any atom is 0.397 e. The fourth-order valence-corrected chi connectivity index (χ4v) is 1.82. The molecule has 4 nitrogen and oxygen atoms in total. The van der Waals surface area contributed by atoms with E-state index in [2.05, 4.69) is 26.1 Å². The number of anilines is 1. The van der Waals surface area contributed by atoms with E-state index in [1.807, 2.05) is 25.1 Å². The summed E-state index contributed by atoms with van der Waals surface area (Å²) in [6, 6.07) is 5.79. The van der Waals surface area contributed by atoms with Crippen LogP contribution < -0.4 is 5.32 Å². The second kappa shape index (κ2) is 5.87. The molecule has 4 heteroatoms. The monoisotopic (exact) mass is 263 g/mol. The molecule has 19 heavy (non-hydrogen) atoms. The van der Waals surface area contributed by atoms with Crippen molar-refractivity contribution in [1.82, 2.24) is 0 Å². The van der Waals surface area contributed by atoms with Crippen molar-refractivity contribution in [2.45, 2.75) is 40.0 Å². The molecule has 0 atom stereocenters. The number of esters is 1. The highest BCUT2D eigenvalue weighted by atomic mass is 16.5. The van der Waals surface area contributed by atoms with E-state index in [0.29, 0.717) is 5.69 Å². The van der Waals surface area contributed by atoms with Gasteiger partial charge in [-0.25, -0.2) is 4.79 Å². The Labute approximate surface area is 114 Å². The van der Waals surface area contributed by atoms with Crippen LogP contribution in [-0.4, -0.2) is 18.5 Å². The normalized spacial score (nSPS) is 11.0. The fourth-order valence-electron chi connectivity index (χ4n) is 1.82. The summed E-state index contributed by atoms with van der Waals surface area (Å²) in [6.45, 7) is 9.92. The summed E-state index contributed by atoms with van der Waals surface area (Å²) in [6.07, 6.45) is 0. The van der Waals surface area contributed by atoms with Gasteiger partial charge in [0, 0.05) is 5.69 Å². The van der Waals surface area contributed by atoms with Crippen LogP contribution in [0.5, 0.6) is 0 Å². The van der Waals surface area contributed by atoms with Crippen LogP contribution in [0.4, 0.5) is 5.69 Å². The fraction of sp³-hybridized carbons (Fsp3) is 0.467. The van der Waals surface area contributed by atoms with Crippen molar-refractivity contribution in [3.05, 3.63) is 29.3 Å². The first-order chi connectivity index (χ1) is 8.77. The Morgan fingerprint density at radius 3 is 2.42 bits per heavy atom. The molecule has 1 amide bonds. The number of hydrogen-bond donors (Lipinski definition) is 1. The van der Waals surface area contributed by atoms with Gasteiger partial charge < -0.3 is 10.1 Å². The first kappa shape index (κ1) is 15.2. The van der Waals surface area contributed by atoms with Gasteiger partial charge >= 0.3 is 11.9 Å². The number of nitrogens with one attached hydrogen (secondary N) is 1. The number of rotatable bonds is 2. The van der Waals surface area contributed by atoms with Gasteiger partial charge in [-0.05, 0) is 30.4 Å². The van der Waals surface area contributed by atoms with Gasteiger partial charge in [0.1, 0.15) is 0 Å². The molecule has 0 saturated carbocycles. The Kier molecular flexibility index (Phi) is 4.70. The molecule has 0 aliphatic carbocycles. The number of aryl methyl sites for hydroxylation is 1. The molecule has 104 valence electrons. The summed E-state index contributed by atoms with van der Waals surface area (Å²) in [4.78, 5) is 23.1. The van der Waals surface area contributed by atoms with E-state index < -0.39 is 11.9 Å². The Hall–Kier alpha value is -1.84. The Bertz CT molecular complexity index is 487. The number of carbonyl (C=O) groups is 2. The zero-order chi connectivity index (χ0) is 14.6. The molecular weight excluding hydrogens is 242 g/mol. The van der Waals surface area contributed by atoms with Crippen molar-refractivity contribution in [2.24, 2.45) is 0 Å². The summed E-state index contributed by atoms with van der Waals surface area (Å²) in [5.74, 6) is -1.59. The highest BCUT2D eigenvalue weighted by Gasteiger charge is 2.22. The molecular formula is C15H21NO3. The third-order valence-corrected chi connectivity index (χ3v) is 2.78. The second-order valence-electron chi connectivity index (χ2n) is 5.42.